The van der Waals surface area contributed by atoms with Crippen molar-refractivity contribution in [2.45, 2.75) is 161 Å². The molecule has 1 N–H and O–H groups in total. The molecule has 0 aromatic rings. The van der Waals surface area contributed by atoms with Crippen LogP contribution in [-0.4, -0.2) is 80.6 Å². The Labute approximate surface area is 366 Å². The van der Waals surface area contributed by atoms with E-state index in [4.69, 9.17) is 14.2 Å². The van der Waals surface area contributed by atoms with Gasteiger partial charge in [0.25, 0.3) is 0 Å². The number of carboxylic acids is 1. The average Bonchev–Trinajstić information content (AvgIpc) is 3.21. The zero-order valence-electron chi connectivity index (χ0n) is 38.4. The third kappa shape index (κ3) is 39.5. The topological polar surface area (TPSA) is 99.1 Å². The smallest absolute Gasteiger partial charge is 0.362 e. The third-order valence-electron chi connectivity index (χ3n) is 9.58. The Morgan fingerprint density at radius 2 is 0.967 bits per heavy atom. The van der Waals surface area contributed by atoms with Gasteiger partial charge in [-0.2, -0.15) is 0 Å². The molecule has 8 nitrogen and oxygen atoms in total. The lowest BCUT2D eigenvalue weighted by Gasteiger charge is -2.31. The molecule has 0 aliphatic heterocycles. The van der Waals surface area contributed by atoms with E-state index in [1.54, 1.807) is 0 Å². The fraction of sp³-hybridized carbons (Fsp3) is 0.596. The van der Waals surface area contributed by atoms with Crippen molar-refractivity contribution in [2.24, 2.45) is 0 Å². The van der Waals surface area contributed by atoms with Gasteiger partial charge in [0.2, 0.25) is 0 Å². The average molecular weight is 835 g/mol. The second-order valence-corrected chi connectivity index (χ2v) is 16.0. The molecular weight excluding hydrogens is 751 g/mol. The van der Waals surface area contributed by atoms with Gasteiger partial charge in [0.15, 0.2) is 12.1 Å². The molecule has 0 rings (SSSR count). The van der Waals surface area contributed by atoms with Crippen molar-refractivity contribution in [3.8, 4) is 0 Å². The number of likely N-dealkylation sites (N-methyl/N-ethyl adjacent to an activating group) is 1. The molecule has 0 amide bonds. The number of allylic oxidation sites excluding steroid dienone is 18. The van der Waals surface area contributed by atoms with Crippen LogP contribution < -0.4 is 0 Å². The summed E-state index contributed by atoms with van der Waals surface area (Å²) in [5.41, 5.74) is 0. The first kappa shape index (κ1) is 56.0. The Balaban J connectivity index is 4.43. The van der Waals surface area contributed by atoms with E-state index in [9.17, 15) is 19.5 Å². The molecule has 0 fully saturated rings. The van der Waals surface area contributed by atoms with Crippen LogP contribution >= 0.6 is 0 Å². The zero-order valence-corrected chi connectivity index (χ0v) is 38.4. The second kappa shape index (κ2) is 41.7. The number of aliphatic carboxylic acids is 1. The molecule has 8 heteroatoms. The van der Waals surface area contributed by atoms with E-state index in [2.05, 4.69) is 62.5 Å². The Bertz CT molecular complexity index is 1340. The summed E-state index contributed by atoms with van der Waals surface area (Å²) in [5.74, 6) is -1.55. The maximum Gasteiger partial charge on any atom is 0.362 e. The minimum Gasteiger partial charge on any atom is -0.477 e. The number of rotatable bonds is 39. The van der Waals surface area contributed by atoms with Gasteiger partial charge < -0.3 is 23.8 Å². The Morgan fingerprint density at radius 1 is 0.517 bits per heavy atom. The predicted octanol–water partition coefficient (Wildman–Crippen LogP) is 12.9. The first-order chi connectivity index (χ1) is 29.1. The standard InChI is InChI=1S/C52H83NO7/c1-6-8-10-12-14-16-18-20-22-24-25-27-29-31-33-35-37-39-41-43-51(55)60-48(46-58-45-44-49(52(56)57)53(3,4)5)47-59-50(54)42-40-38-36-34-32-30-28-26-23-21-19-17-15-13-11-9-7-2/h8-11,13-17,19-23,26,28,30,32,48-49H,6-7,12,18,24-25,27,29,31,33-47H2,1-5H3/p+1/b10-8+,11-9+,15-13+,16-14+,19-17+,22-20+,23-21+,28-26+,32-30+. The van der Waals surface area contributed by atoms with Crippen LogP contribution in [0.25, 0.3) is 0 Å². The number of carboxylic acid groups (broad SMARTS) is 1. The minimum atomic E-state index is -0.888. The summed E-state index contributed by atoms with van der Waals surface area (Å²) in [6, 6.07) is -0.630. The number of hydrogen-bond donors (Lipinski definition) is 1. The van der Waals surface area contributed by atoms with Gasteiger partial charge >= 0.3 is 17.9 Å². The molecule has 0 radical (unpaired) electrons. The molecule has 0 saturated heterocycles. The molecule has 0 heterocycles. The predicted molar refractivity (Wildman–Crippen MR) is 252 cm³/mol. The number of nitrogens with zero attached hydrogens (tertiary/aromatic N) is 1. The van der Waals surface area contributed by atoms with Crippen LogP contribution in [0.1, 0.15) is 149 Å². The largest absolute Gasteiger partial charge is 0.477 e. The Kier molecular flexibility index (Phi) is 38.9. The molecule has 2 unspecified atom stereocenters. The minimum absolute atomic E-state index is 0.0366. The number of quaternary nitrogens is 1. The fourth-order valence-corrected chi connectivity index (χ4v) is 6.08. The van der Waals surface area contributed by atoms with Crippen LogP contribution in [0.5, 0.6) is 0 Å². The molecule has 0 aliphatic rings. The van der Waals surface area contributed by atoms with Gasteiger partial charge in [-0.05, 0) is 64.2 Å². The molecular formula is C52H84NO7+. The van der Waals surface area contributed by atoms with Gasteiger partial charge in [-0.3, -0.25) is 9.59 Å². The third-order valence-corrected chi connectivity index (χ3v) is 9.58. The van der Waals surface area contributed by atoms with Crippen LogP contribution in [0.15, 0.2) is 109 Å². The van der Waals surface area contributed by atoms with Crippen molar-refractivity contribution >= 4 is 17.9 Å². The lowest BCUT2D eigenvalue weighted by atomic mass is 10.1. The van der Waals surface area contributed by atoms with E-state index in [1.165, 1.54) is 38.5 Å². The van der Waals surface area contributed by atoms with E-state index in [1.807, 2.05) is 81.9 Å². The summed E-state index contributed by atoms with van der Waals surface area (Å²) in [4.78, 5) is 37.1. The number of hydrogen-bond acceptors (Lipinski definition) is 6. The SMILES string of the molecule is CC/C=C/C=C/C=C/C=C/C=C/C=C/CCCCCC(=O)OCC(COCCC(C(=O)O)[N+](C)(C)C)OC(=O)CCCCCCCCCCC/C=C/C/C=C/C/C=C/CC. The van der Waals surface area contributed by atoms with Gasteiger partial charge in [0.05, 0.1) is 34.4 Å². The van der Waals surface area contributed by atoms with Crippen molar-refractivity contribution in [3.63, 3.8) is 0 Å². The number of carbonyl (C=O) groups excluding carboxylic acids is 2. The molecule has 0 bridgehead atoms. The molecule has 0 aromatic carbocycles. The molecule has 0 saturated carbocycles. The van der Waals surface area contributed by atoms with Crippen LogP contribution in [-0.2, 0) is 28.6 Å². The van der Waals surface area contributed by atoms with Crippen LogP contribution in [0.3, 0.4) is 0 Å². The quantitative estimate of drug-likeness (QED) is 0.0216. The van der Waals surface area contributed by atoms with Crippen molar-refractivity contribution < 1.29 is 38.2 Å². The number of unbranched alkanes of at least 4 members (excludes halogenated alkanes) is 12. The highest BCUT2D eigenvalue weighted by Crippen LogP contribution is 2.14. The van der Waals surface area contributed by atoms with Crippen molar-refractivity contribution in [1.29, 1.82) is 0 Å². The lowest BCUT2D eigenvalue weighted by Crippen LogP contribution is -2.50. The Hall–Kier alpha value is -4.01. The maximum absolute atomic E-state index is 12.8. The highest BCUT2D eigenvalue weighted by Gasteiger charge is 2.31. The number of esters is 2. The van der Waals surface area contributed by atoms with E-state index in [0.717, 1.165) is 77.0 Å². The Morgan fingerprint density at radius 3 is 1.52 bits per heavy atom. The molecule has 0 spiro atoms. The van der Waals surface area contributed by atoms with Gasteiger partial charge in [0, 0.05) is 19.3 Å². The zero-order chi connectivity index (χ0) is 44.2. The maximum atomic E-state index is 12.8. The van der Waals surface area contributed by atoms with Crippen molar-refractivity contribution in [2.75, 3.05) is 41.0 Å². The second-order valence-electron chi connectivity index (χ2n) is 16.0. The van der Waals surface area contributed by atoms with Gasteiger partial charge in [-0.1, -0.05) is 175 Å². The normalized spacial score (nSPS) is 13.9. The monoisotopic (exact) mass is 835 g/mol. The van der Waals surface area contributed by atoms with Crippen molar-refractivity contribution in [1.82, 2.24) is 0 Å². The van der Waals surface area contributed by atoms with Crippen LogP contribution in [0, 0.1) is 0 Å². The fourth-order valence-electron chi connectivity index (χ4n) is 6.08. The summed E-state index contributed by atoms with van der Waals surface area (Å²) in [5, 5.41) is 9.63. The lowest BCUT2D eigenvalue weighted by molar-refractivity contribution is -0.887. The van der Waals surface area contributed by atoms with E-state index in [0.29, 0.717) is 19.3 Å². The summed E-state index contributed by atoms with van der Waals surface area (Å²) in [6.45, 7) is 4.41. The first-order valence-corrected chi connectivity index (χ1v) is 23.0. The van der Waals surface area contributed by atoms with Gasteiger partial charge in [-0.15, -0.1) is 0 Å². The molecule has 60 heavy (non-hydrogen) atoms. The van der Waals surface area contributed by atoms with Gasteiger partial charge in [-0.25, -0.2) is 4.79 Å². The summed E-state index contributed by atoms with van der Waals surface area (Å²) in [6.07, 6.45) is 57.0. The highest BCUT2D eigenvalue weighted by atomic mass is 16.6. The number of ether oxygens (including phenoxy) is 3. The van der Waals surface area contributed by atoms with E-state index in [-0.39, 0.29) is 36.2 Å². The summed E-state index contributed by atoms with van der Waals surface area (Å²) in [7, 11) is 5.50. The van der Waals surface area contributed by atoms with Crippen LogP contribution in [0.4, 0.5) is 0 Å². The van der Waals surface area contributed by atoms with E-state index >= 15 is 0 Å². The van der Waals surface area contributed by atoms with Gasteiger partial charge in [0.1, 0.15) is 6.61 Å². The summed E-state index contributed by atoms with van der Waals surface area (Å²) < 4.78 is 17.2. The molecule has 0 aliphatic carbocycles. The summed E-state index contributed by atoms with van der Waals surface area (Å²) >= 11 is 0. The molecule has 338 valence electrons. The molecule has 0 aromatic heterocycles. The first-order valence-electron chi connectivity index (χ1n) is 23.0. The molecule has 2 atom stereocenters. The highest BCUT2D eigenvalue weighted by molar-refractivity contribution is 5.72. The van der Waals surface area contributed by atoms with E-state index < -0.39 is 18.1 Å². The van der Waals surface area contributed by atoms with Crippen molar-refractivity contribution in [3.05, 3.63) is 109 Å². The number of carbonyl (C=O) groups is 3. The van der Waals surface area contributed by atoms with Crippen LogP contribution in [0.2, 0.25) is 0 Å².